The standard InChI is InChI=1S/C22H19NS/c1-13(2)14-8-9-15-18(12-14)23(3)17-10-11-20-22(21(15)17)16-6-4-5-7-19(16)24-20/h4-13H,1-3H3. The van der Waals surface area contributed by atoms with Crippen molar-refractivity contribution in [2.75, 3.05) is 0 Å². The number of benzene rings is 3. The van der Waals surface area contributed by atoms with Crippen molar-refractivity contribution in [2.45, 2.75) is 19.8 Å². The smallest absolute Gasteiger partial charge is 0.0496 e. The molecular weight excluding hydrogens is 310 g/mol. The van der Waals surface area contributed by atoms with E-state index in [2.05, 4.69) is 80.1 Å². The molecule has 0 aliphatic heterocycles. The second-order valence-corrected chi connectivity index (χ2v) is 8.01. The van der Waals surface area contributed by atoms with Crippen molar-refractivity contribution < 1.29 is 0 Å². The highest BCUT2D eigenvalue weighted by Crippen LogP contribution is 2.42. The number of nitrogens with zero attached hydrogens (tertiary/aromatic N) is 1. The van der Waals surface area contributed by atoms with Gasteiger partial charge in [-0.15, -0.1) is 11.3 Å². The number of rotatable bonds is 1. The number of fused-ring (bicyclic) bond motifs is 7. The molecule has 0 amide bonds. The molecule has 24 heavy (non-hydrogen) atoms. The van der Waals surface area contributed by atoms with E-state index in [1.165, 1.54) is 47.5 Å². The summed E-state index contributed by atoms with van der Waals surface area (Å²) in [5.41, 5.74) is 4.06. The Labute approximate surface area is 145 Å². The minimum absolute atomic E-state index is 0.550. The van der Waals surface area contributed by atoms with Crippen molar-refractivity contribution in [3.8, 4) is 0 Å². The fraction of sp³-hybridized carbons (Fsp3) is 0.182. The van der Waals surface area contributed by atoms with Gasteiger partial charge in [0.2, 0.25) is 0 Å². The number of hydrogen-bond acceptors (Lipinski definition) is 1. The van der Waals surface area contributed by atoms with Crippen LogP contribution in [0.1, 0.15) is 25.3 Å². The first-order valence-corrected chi connectivity index (χ1v) is 9.29. The molecule has 5 aromatic rings. The van der Waals surface area contributed by atoms with Crippen LogP contribution in [-0.2, 0) is 7.05 Å². The molecule has 0 spiro atoms. The number of hydrogen-bond donors (Lipinski definition) is 0. The molecule has 2 heterocycles. The van der Waals surface area contributed by atoms with Crippen LogP contribution < -0.4 is 0 Å². The molecule has 0 atom stereocenters. The van der Waals surface area contributed by atoms with Gasteiger partial charge in [0, 0.05) is 49.0 Å². The lowest BCUT2D eigenvalue weighted by atomic mass is 10.00. The van der Waals surface area contributed by atoms with Crippen LogP contribution in [0.15, 0.2) is 54.6 Å². The monoisotopic (exact) mass is 329 g/mol. The highest BCUT2D eigenvalue weighted by atomic mass is 32.1. The van der Waals surface area contributed by atoms with Crippen LogP contribution in [0.5, 0.6) is 0 Å². The van der Waals surface area contributed by atoms with Gasteiger partial charge >= 0.3 is 0 Å². The van der Waals surface area contributed by atoms with Crippen LogP contribution in [0.25, 0.3) is 42.0 Å². The molecule has 0 N–H and O–H groups in total. The second-order valence-electron chi connectivity index (χ2n) is 6.92. The van der Waals surface area contributed by atoms with Gasteiger partial charge in [-0.2, -0.15) is 0 Å². The van der Waals surface area contributed by atoms with Crippen molar-refractivity contribution in [3.63, 3.8) is 0 Å². The maximum absolute atomic E-state index is 2.36. The zero-order valence-corrected chi connectivity index (χ0v) is 14.9. The molecule has 0 saturated carbocycles. The summed E-state index contributed by atoms with van der Waals surface area (Å²) in [4.78, 5) is 0. The van der Waals surface area contributed by atoms with Crippen LogP contribution >= 0.6 is 11.3 Å². The fourth-order valence-corrected chi connectivity index (χ4v) is 5.00. The minimum atomic E-state index is 0.550. The molecule has 1 nitrogen and oxygen atoms in total. The summed E-state index contributed by atoms with van der Waals surface area (Å²) in [6, 6.07) is 20.3. The minimum Gasteiger partial charge on any atom is -0.344 e. The Hall–Kier alpha value is -2.32. The van der Waals surface area contributed by atoms with Crippen molar-refractivity contribution in [2.24, 2.45) is 7.05 Å². The largest absolute Gasteiger partial charge is 0.344 e. The van der Waals surface area contributed by atoms with E-state index in [-0.39, 0.29) is 0 Å². The predicted octanol–water partition coefficient (Wildman–Crippen LogP) is 6.82. The lowest BCUT2D eigenvalue weighted by Gasteiger charge is -2.06. The van der Waals surface area contributed by atoms with Crippen molar-refractivity contribution in [1.82, 2.24) is 4.57 Å². The number of aryl methyl sites for hydroxylation is 1. The topological polar surface area (TPSA) is 4.93 Å². The highest BCUT2D eigenvalue weighted by molar-refractivity contribution is 7.26. The Balaban J connectivity index is 2.05. The first-order chi connectivity index (χ1) is 11.6. The van der Waals surface area contributed by atoms with E-state index in [1.807, 2.05) is 11.3 Å². The van der Waals surface area contributed by atoms with Gasteiger partial charge in [0.1, 0.15) is 0 Å². The fourth-order valence-electron chi connectivity index (χ4n) is 3.88. The van der Waals surface area contributed by atoms with Gasteiger partial charge in [-0.25, -0.2) is 0 Å². The van der Waals surface area contributed by atoms with E-state index in [0.717, 1.165) is 0 Å². The quantitative estimate of drug-likeness (QED) is 0.318. The van der Waals surface area contributed by atoms with Gasteiger partial charge < -0.3 is 4.57 Å². The van der Waals surface area contributed by atoms with Crippen LogP contribution in [0.2, 0.25) is 0 Å². The summed E-state index contributed by atoms with van der Waals surface area (Å²) >= 11 is 1.89. The SMILES string of the molecule is CC(C)c1ccc2c3c4c(ccc3n(C)c2c1)sc1ccccc14. The van der Waals surface area contributed by atoms with Crippen LogP contribution in [0.3, 0.4) is 0 Å². The number of aromatic nitrogens is 1. The summed E-state index contributed by atoms with van der Waals surface area (Å²) in [5, 5.41) is 5.56. The third-order valence-electron chi connectivity index (χ3n) is 5.20. The van der Waals surface area contributed by atoms with Crippen LogP contribution in [0.4, 0.5) is 0 Å². The lowest BCUT2D eigenvalue weighted by molar-refractivity contribution is 0.866. The Morgan fingerprint density at radius 2 is 1.62 bits per heavy atom. The van der Waals surface area contributed by atoms with E-state index < -0.39 is 0 Å². The molecule has 0 radical (unpaired) electrons. The predicted molar refractivity (Wildman–Crippen MR) is 107 cm³/mol. The Morgan fingerprint density at radius 3 is 2.46 bits per heavy atom. The second kappa shape index (κ2) is 4.84. The first kappa shape index (κ1) is 14.1. The Morgan fingerprint density at radius 1 is 0.792 bits per heavy atom. The van der Waals surface area contributed by atoms with Crippen LogP contribution in [0, 0.1) is 0 Å². The molecule has 2 heteroatoms. The highest BCUT2D eigenvalue weighted by Gasteiger charge is 2.15. The van der Waals surface area contributed by atoms with E-state index in [0.29, 0.717) is 5.92 Å². The molecule has 3 aromatic carbocycles. The Kier molecular flexibility index (Phi) is 2.84. The molecule has 0 fully saturated rings. The van der Waals surface area contributed by atoms with Crippen molar-refractivity contribution in [3.05, 3.63) is 60.2 Å². The molecule has 5 rings (SSSR count). The van der Waals surface area contributed by atoms with E-state index in [1.54, 1.807) is 0 Å². The summed E-state index contributed by atoms with van der Waals surface area (Å²) < 4.78 is 5.10. The maximum Gasteiger partial charge on any atom is 0.0496 e. The Bertz CT molecular complexity index is 1240. The normalized spacial score (nSPS) is 12.3. The molecule has 2 aromatic heterocycles. The van der Waals surface area contributed by atoms with Gasteiger partial charge in [-0.05, 0) is 35.7 Å². The van der Waals surface area contributed by atoms with Gasteiger partial charge in [0.05, 0.1) is 0 Å². The van der Waals surface area contributed by atoms with Gasteiger partial charge in [-0.1, -0.05) is 44.2 Å². The molecule has 0 unspecified atom stereocenters. The van der Waals surface area contributed by atoms with Crippen molar-refractivity contribution >= 4 is 53.3 Å². The number of thiophene rings is 1. The van der Waals surface area contributed by atoms with E-state index >= 15 is 0 Å². The third kappa shape index (κ3) is 1.75. The molecule has 0 aliphatic rings. The molecule has 0 saturated heterocycles. The zero-order valence-electron chi connectivity index (χ0n) is 14.1. The molecule has 0 aliphatic carbocycles. The summed E-state index contributed by atoms with van der Waals surface area (Å²) in [6.45, 7) is 4.52. The molecule has 0 bridgehead atoms. The summed E-state index contributed by atoms with van der Waals surface area (Å²) in [7, 11) is 2.19. The lowest BCUT2D eigenvalue weighted by Crippen LogP contribution is -1.90. The van der Waals surface area contributed by atoms with Gasteiger partial charge in [0.15, 0.2) is 0 Å². The first-order valence-electron chi connectivity index (χ1n) is 8.47. The van der Waals surface area contributed by atoms with Gasteiger partial charge in [-0.3, -0.25) is 0 Å². The zero-order chi connectivity index (χ0) is 16.4. The molecular formula is C22H19NS. The van der Waals surface area contributed by atoms with Crippen molar-refractivity contribution in [1.29, 1.82) is 0 Å². The molecule has 118 valence electrons. The van der Waals surface area contributed by atoms with E-state index in [9.17, 15) is 0 Å². The summed E-state index contributed by atoms with van der Waals surface area (Å²) in [6.07, 6.45) is 0. The summed E-state index contributed by atoms with van der Waals surface area (Å²) in [5.74, 6) is 0.550. The maximum atomic E-state index is 2.36. The van der Waals surface area contributed by atoms with Crippen LogP contribution in [-0.4, -0.2) is 4.57 Å². The van der Waals surface area contributed by atoms with E-state index in [4.69, 9.17) is 0 Å². The average Bonchev–Trinajstić information content (AvgIpc) is 3.10. The van der Waals surface area contributed by atoms with Gasteiger partial charge in [0.25, 0.3) is 0 Å². The third-order valence-corrected chi connectivity index (χ3v) is 6.34. The average molecular weight is 329 g/mol.